The van der Waals surface area contributed by atoms with E-state index in [2.05, 4.69) is 17.2 Å². The fourth-order valence-electron chi connectivity index (χ4n) is 2.29. The maximum absolute atomic E-state index is 12.2. The van der Waals surface area contributed by atoms with Crippen LogP contribution in [0.2, 0.25) is 0 Å². The number of fused-ring (bicyclic) bond motifs is 1. The van der Waals surface area contributed by atoms with Crippen molar-refractivity contribution in [2.45, 2.75) is 26.8 Å². The van der Waals surface area contributed by atoms with Crippen LogP contribution in [-0.4, -0.2) is 21.0 Å². The van der Waals surface area contributed by atoms with Crippen molar-refractivity contribution in [1.29, 1.82) is 0 Å². The van der Waals surface area contributed by atoms with Gasteiger partial charge < -0.3 is 4.74 Å². The topological polar surface area (TPSA) is 57.0 Å². The van der Waals surface area contributed by atoms with Gasteiger partial charge in [-0.25, -0.2) is 9.48 Å². The zero-order valence-corrected chi connectivity index (χ0v) is 12.6. The lowest BCUT2D eigenvalue weighted by atomic mass is 10.1. The van der Waals surface area contributed by atoms with Crippen LogP contribution >= 0.6 is 0 Å². The second-order valence-corrected chi connectivity index (χ2v) is 5.00. The molecule has 0 aliphatic heterocycles. The maximum Gasteiger partial charge on any atom is 0.343 e. The lowest BCUT2D eigenvalue weighted by Gasteiger charge is -2.05. The zero-order chi connectivity index (χ0) is 15.5. The Hall–Kier alpha value is -2.69. The first-order chi connectivity index (χ1) is 10.7. The molecule has 3 rings (SSSR count). The van der Waals surface area contributed by atoms with Gasteiger partial charge in [-0.1, -0.05) is 24.3 Å². The molecule has 0 amide bonds. The highest BCUT2D eigenvalue weighted by Crippen LogP contribution is 2.17. The maximum atomic E-state index is 12.2. The Balaban J connectivity index is 1.82. The molecule has 1 aromatic heterocycles. The van der Waals surface area contributed by atoms with Gasteiger partial charge in [0.25, 0.3) is 0 Å². The van der Waals surface area contributed by atoms with Crippen LogP contribution in [0.3, 0.4) is 0 Å². The largest absolute Gasteiger partial charge is 0.423 e. The first kappa shape index (κ1) is 14.3. The van der Waals surface area contributed by atoms with Crippen molar-refractivity contribution in [2.24, 2.45) is 0 Å². The molecule has 1 heterocycles. The van der Waals surface area contributed by atoms with E-state index in [4.69, 9.17) is 4.74 Å². The third-order valence-corrected chi connectivity index (χ3v) is 3.59. The summed E-state index contributed by atoms with van der Waals surface area (Å²) in [5, 5.41) is 8.10. The van der Waals surface area contributed by atoms with Crippen LogP contribution < -0.4 is 4.74 Å². The number of aryl methyl sites for hydroxylation is 2. The van der Waals surface area contributed by atoms with Gasteiger partial charge in [-0.15, -0.1) is 5.10 Å². The van der Waals surface area contributed by atoms with Crippen molar-refractivity contribution >= 4 is 17.0 Å². The summed E-state index contributed by atoms with van der Waals surface area (Å²) < 4.78 is 7.17. The summed E-state index contributed by atoms with van der Waals surface area (Å²) in [5.41, 5.74) is 3.27. The molecule has 5 nitrogen and oxygen atoms in total. The number of aromatic nitrogens is 3. The monoisotopic (exact) mass is 295 g/mol. The second kappa shape index (κ2) is 5.97. The Morgan fingerprint density at radius 3 is 2.59 bits per heavy atom. The van der Waals surface area contributed by atoms with Gasteiger partial charge in [0.1, 0.15) is 11.3 Å². The molecule has 0 fully saturated rings. The van der Waals surface area contributed by atoms with Crippen molar-refractivity contribution in [3.05, 3.63) is 53.6 Å². The minimum absolute atomic E-state index is 0.391. The van der Waals surface area contributed by atoms with E-state index in [0.717, 1.165) is 18.5 Å². The Labute approximate surface area is 128 Å². The zero-order valence-electron chi connectivity index (χ0n) is 12.6. The number of ether oxygens (including phenoxy) is 1. The number of carbonyl (C=O) groups is 1. The van der Waals surface area contributed by atoms with Gasteiger partial charge in [-0.05, 0) is 49.2 Å². The molecular weight excluding hydrogens is 278 g/mol. The fraction of sp³-hybridized carbons (Fsp3) is 0.235. The predicted molar refractivity (Wildman–Crippen MR) is 84.0 cm³/mol. The molecule has 0 unspecified atom stereocenters. The molecule has 2 aromatic carbocycles. The third kappa shape index (κ3) is 2.70. The van der Waals surface area contributed by atoms with Crippen LogP contribution in [0.5, 0.6) is 5.75 Å². The molecule has 3 aromatic rings. The van der Waals surface area contributed by atoms with Crippen molar-refractivity contribution < 1.29 is 9.53 Å². The van der Waals surface area contributed by atoms with Crippen LogP contribution in [-0.2, 0) is 13.0 Å². The van der Waals surface area contributed by atoms with Gasteiger partial charge in [0, 0.05) is 6.54 Å². The predicted octanol–water partition coefficient (Wildman–Crippen LogP) is 3.23. The first-order valence-electron chi connectivity index (χ1n) is 7.35. The van der Waals surface area contributed by atoms with Gasteiger partial charge in [0.2, 0.25) is 0 Å². The van der Waals surface area contributed by atoms with Gasteiger partial charge in [0.05, 0.1) is 11.1 Å². The Bertz CT molecular complexity index is 806. The van der Waals surface area contributed by atoms with E-state index in [1.165, 1.54) is 5.56 Å². The van der Waals surface area contributed by atoms with E-state index in [1.807, 2.05) is 37.3 Å². The smallest absolute Gasteiger partial charge is 0.343 e. The Kier molecular flexibility index (Phi) is 3.87. The molecule has 0 saturated heterocycles. The van der Waals surface area contributed by atoms with Crippen LogP contribution in [0.15, 0.2) is 42.5 Å². The molecule has 0 saturated carbocycles. The van der Waals surface area contributed by atoms with E-state index in [1.54, 1.807) is 16.8 Å². The summed E-state index contributed by atoms with van der Waals surface area (Å²) in [7, 11) is 0. The van der Waals surface area contributed by atoms with E-state index in [-0.39, 0.29) is 0 Å². The van der Waals surface area contributed by atoms with Gasteiger partial charge in [-0.3, -0.25) is 0 Å². The normalized spacial score (nSPS) is 10.8. The van der Waals surface area contributed by atoms with Crippen molar-refractivity contribution in [1.82, 2.24) is 15.0 Å². The minimum atomic E-state index is -0.391. The summed E-state index contributed by atoms with van der Waals surface area (Å²) >= 11 is 0. The summed E-state index contributed by atoms with van der Waals surface area (Å²) in [4.78, 5) is 12.2. The second-order valence-electron chi connectivity index (χ2n) is 5.00. The molecule has 5 heteroatoms. The SMILES string of the molecule is CCc1ccc(OC(=O)c2ccc3c(c2)nnn3CC)cc1. The first-order valence-corrected chi connectivity index (χ1v) is 7.35. The van der Waals surface area contributed by atoms with Crippen LogP contribution in [0.1, 0.15) is 29.8 Å². The highest BCUT2D eigenvalue weighted by atomic mass is 16.5. The Morgan fingerprint density at radius 1 is 1.14 bits per heavy atom. The molecule has 0 bridgehead atoms. The summed E-state index contributed by atoms with van der Waals surface area (Å²) in [6, 6.07) is 12.8. The van der Waals surface area contributed by atoms with Crippen molar-refractivity contribution in [2.75, 3.05) is 0 Å². The quantitative estimate of drug-likeness (QED) is 0.547. The summed E-state index contributed by atoms with van der Waals surface area (Å²) in [6.07, 6.45) is 0.956. The number of hydrogen-bond donors (Lipinski definition) is 0. The third-order valence-electron chi connectivity index (χ3n) is 3.59. The van der Waals surface area contributed by atoms with Crippen LogP contribution in [0.25, 0.3) is 11.0 Å². The number of esters is 1. The van der Waals surface area contributed by atoms with E-state index < -0.39 is 5.97 Å². The number of benzene rings is 2. The van der Waals surface area contributed by atoms with Gasteiger partial charge >= 0.3 is 5.97 Å². The lowest BCUT2D eigenvalue weighted by Crippen LogP contribution is -2.08. The molecule has 0 aliphatic carbocycles. The number of hydrogen-bond acceptors (Lipinski definition) is 4. The van der Waals surface area contributed by atoms with Crippen LogP contribution in [0, 0.1) is 0 Å². The molecular formula is C17H17N3O2. The van der Waals surface area contributed by atoms with E-state index >= 15 is 0 Å². The summed E-state index contributed by atoms with van der Waals surface area (Å²) in [6.45, 7) is 4.82. The van der Waals surface area contributed by atoms with E-state index in [0.29, 0.717) is 16.8 Å². The van der Waals surface area contributed by atoms with Gasteiger partial charge in [0.15, 0.2) is 0 Å². The molecule has 0 aliphatic rings. The fourth-order valence-corrected chi connectivity index (χ4v) is 2.29. The van der Waals surface area contributed by atoms with E-state index in [9.17, 15) is 4.79 Å². The molecule has 22 heavy (non-hydrogen) atoms. The number of rotatable bonds is 4. The number of carbonyl (C=O) groups excluding carboxylic acids is 1. The lowest BCUT2D eigenvalue weighted by molar-refractivity contribution is 0.0735. The highest BCUT2D eigenvalue weighted by molar-refractivity contribution is 5.94. The highest BCUT2D eigenvalue weighted by Gasteiger charge is 2.12. The average molecular weight is 295 g/mol. The molecule has 112 valence electrons. The Morgan fingerprint density at radius 2 is 1.91 bits per heavy atom. The average Bonchev–Trinajstić information content (AvgIpc) is 2.97. The summed E-state index contributed by atoms with van der Waals surface area (Å²) in [5.74, 6) is 0.150. The standard InChI is InChI=1S/C17H17N3O2/c1-3-12-5-8-14(9-6-12)22-17(21)13-7-10-16-15(11-13)18-19-20(16)4-2/h5-11H,3-4H2,1-2H3. The van der Waals surface area contributed by atoms with Gasteiger partial charge in [-0.2, -0.15) is 0 Å². The molecule has 0 N–H and O–H groups in total. The van der Waals surface area contributed by atoms with Crippen LogP contribution in [0.4, 0.5) is 0 Å². The van der Waals surface area contributed by atoms with Crippen molar-refractivity contribution in [3.63, 3.8) is 0 Å². The molecule has 0 radical (unpaired) electrons. The minimum Gasteiger partial charge on any atom is -0.423 e. The van der Waals surface area contributed by atoms with Crippen molar-refractivity contribution in [3.8, 4) is 5.75 Å². The molecule has 0 atom stereocenters. The number of nitrogens with zero attached hydrogens (tertiary/aromatic N) is 3. The molecule has 0 spiro atoms.